The Morgan fingerprint density at radius 1 is 1.23 bits per heavy atom. The van der Waals surface area contributed by atoms with Crippen molar-refractivity contribution in [3.63, 3.8) is 0 Å². The van der Waals surface area contributed by atoms with Gasteiger partial charge in [0.05, 0.1) is 0 Å². The summed E-state index contributed by atoms with van der Waals surface area (Å²) >= 11 is 0. The number of hydrogen-bond acceptors (Lipinski definition) is 0. The molecule has 1 aliphatic carbocycles. The van der Waals surface area contributed by atoms with Gasteiger partial charge in [0.1, 0.15) is 0 Å². The number of rotatable bonds is 0. The average Bonchev–Trinajstić information content (AvgIpc) is 1.79. The Labute approximate surface area is 84.1 Å². The Kier molecular flexibility index (Phi) is 2.81. The second-order valence-electron chi connectivity index (χ2n) is 6.54. The summed E-state index contributed by atoms with van der Waals surface area (Å²) in [6.45, 7) is 14.4. The van der Waals surface area contributed by atoms with E-state index < -0.39 is 0 Å². The fourth-order valence-electron chi connectivity index (χ4n) is 3.78. The van der Waals surface area contributed by atoms with E-state index in [0.717, 1.165) is 11.8 Å². The van der Waals surface area contributed by atoms with E-state index in [0.29, 0.717) is 10.8 Å². The van der Waals surface area contributed by atoms with E-state index in [1.165, 1.54) is 12.8 Å². The van der Waals surface area contributed by atoms with Crippen molar-refractivity contribution in [1.82, 2.24) is 0 Å². The summed E-state index contributed by atoms with van der Waals surface area (Å²) < 4.78 is 0. The topological polar surface area (TPSA) is 0 Å². The third-order valence-electron chi connectivity index (χ3n) is 3.55. The summed E-state index contributed by atoms with van der Waals surface area (Å²) in [5.41, 5.74) is 0.951. The van der Waals surface area contributed by atoms with Crippen molar-refractivity contribution in [2.75, 3.05) is 0 Å². The van der Waals surface area contributed by atoms with Gasteiger partial charge in [-0.1, -0.05) is 41.5 Å². The van der Waals surface area contributed by atoms with Crippen LogP contribution in [0.1, 0.15) is 54.4 Å². The predicted octanol–water partition coefficient (Wildman–Crippen LogP) is 4.31. The molecule has 1 saturated carbocycles. The second-order valence-corrected chi connectivity index (χ2v) is 6.54. The first kappa shape index (κ1) is 11.1. The van der Waals surface area contributed by atoms with Gasteiger partial charge in [0.25, 0.3) is 0 Å². The third-order valence-corrected chi connectivity index (χ3v) is 3.55. The maximum atomic E-state index is 2.48. The van der Waals surface area contributed by atoms with E-state index in [2.05, 4.69) is 48.0 Å². The van der Waals surface area contributed by atoms with Gasteiger partial charge in [-0.25, -0.2) is 0 Å². The fourth-order valence-corrected chi connectivity index (χ4v) is 3.78. The van der Waals surface area contributed by atoms with E-state index in [1.807, 2.05) is 0 Å². The van der Waals surface area contributed by atoms with Crippen molar-refractivity contribution < 1.29 is 0 Å². The van der Waals surface area contributed by atoms with Crippen LogP contribution in [0.4, 0.5) is 0 Å². The van der Waals surface area contributed by atoms with Crippen molar-refractivity contribution in [2.24, 2.45) is 22.7 Å². The van der Waals surface area contributed by atoms with Crippen LogP contribution in [0.2, 0.25) is 0 Å². The average molecular weight is 181 g/mol. The molecule has 0 aromatic rings. The quantitative estimate of drug-likeness (QED) is 0.522. The fraction of sp³-hybridized carbons (Fsp3) is 0.923. The summed E-state index contributed by atoms with van der Waals surface area (Å²) in [7, 11) is 0. The van der Waals surface area contributed by atoms with Crippen LogP contribution in [0.25, 0.3) is 0 Å². The molecular weight excluding hydrogens is 156 g/mol. The van der Waals surface area contributed by atoms with Crippen molar-refractivity contribution in [3.05, 3.63) is 6.42 Å². The molecule has 1 aliphatic rings. The van der Waals surface area contributed by atoms with E-state index in [1.54, 1.807) is 0 Å². The maximum absolute atomic E-state index is 2.48. The highest BCUT2D eigenvalue weighted by molar-refractivity contribution is 4.97. The molecule has 0 bridgehead atoms. The highest BCUT2D eigenvalue weighted by Gasteiger charge is 2.43. The van der Waals surface area contributed by atoms with E-state index in [-0.39, 0.29) is 0 Å². The van der Waals surface area contributed by atoms with Crippen LogP contribution in [0.15, 0.2) is 0 Å². The van der Waals surface area contributed by atoms with Crippen molar-refractivity contribution in [2.45, 2.75) is 54.4 Å². The lowest BCUT2D eigenvalue weighted by Crippen LogP contribution is -2.42. The van der Waals surface area contributed by atoms with Gasteiger partial charge in [0, 0.05) is 0 Å². The molecule has 1 fully saturated rings. The zero-order valence-corrected chi connectivity index (χ0v) is 10.1. The van der Waals surface area contributed by atoms with Crippen LogP contribution < -0.4 is 0 Å². The minimum absolute atomic E-state index is 0.456. The molecule has 0 aliphatic heterocycles. The highest BCUT2D eigenvalue weighted by atomic mass is 14.5. The Morgan fingerprint density at radius 3 is 2.08 bits per heavy atom. The zero-order chi connectivity index (χ0) is 10.3. The maximum Gasteiger partial charge on any atom is -0.0288 e. The minimum atomic E-state index is 0.456. The van der Waals surface area contributed by atoms with E-state index >= 15 is 0 Å². The van der Waals surface area contributed by atoms with Gasteiger partial charge in [0.15, 0.2) is 0 Å². The van der Waals surface area contributed by atoms with Gasteiger partial charge < -0.3 is 0 Å². The lowest BCUT2D eigenvalue weighted by molar-refractivity contribution is 0.0155. The molecule has 0 nitrogen and oxygen atoms in total. The third kappa shape index (κ3) is 2.27. The van der Waals surface area contributed by atoms with Crippen LogP contribution in [-0.4, -0.2) is 0 Å². The van der Waals surface area contributed by atoms with Crippen LogP contribution in [0.3, 0.4) is 0 Å². The van der Waals surface area contributed by atoms with Crippen molar-refractivity contribution in [1.29, 1.82) is 0 Å². The predicted molar refractivity (Wildman–Crippen MR) is 59.4 cm³/mol. The largest absolute Gasteiger partial charge is 0.0622 e. The molecule has 0 heteroatoms. The molecule has 0 amide bonds. The van der Waals surface area contributed by atoms with Gasteiger partial charge in [-0.15, -0.1) is 0 Å². The molecule has 0 N–H and O–H groups in total. The lowest BCUT2D eigenvalue weighted by atomic mass is 9.55. The van der Waals surface area contributed by atoms with Crippen molar-refractivity contribution >= 4 is 0 Å². The van der Waals surface area contributed by atoms with Crippen LogP contribution in [-0.2, 0) is 0 Å². The molecule has 1 radical (unpaired) electrons. The van der Waals surface area contributed by atoms with Gasteiger partial charge in [0.2, 0.25) is 0 Å². The SMILES string of the molecule is CC1C[CH]CC(C)(C)C1C(C)(C)C. The van der Waals surface area contributed by atoms with Gasteiger partial charge >= 0.3 is 0 Å². The van der Waals surface area contributed by atoms with Crippen LogP contribution in [0.5, 0.6) is 0 Å². The zero-order valence-electron chi connectivity index (χ0n) is 10.1. The summed E-state index contributed by atoms with van der Waals surface area (Å²) in [6, 6.07) is 0. The van der Waals surface area contributed by atoms with E-state index in [9.17, 15) is 0 Å². The molecular formula is C13H25. The normalized spacial score (nSPS) is 34.6. The van der Waals surface area contributed by atoms with Crippen LogP contribution in [0, 0.1) is 29.1 Å². The molecule has 0 spiro atoms. The molecule has 2 unspecified atom stereocenters. The Bertz CT molecular complexity index is 171. The molecule has 0 aromatic carbocycles. The first-order valence-corrected chi connectivity index (χ1v) is 5.57. The Balaban J connectivity index is 2.87. The molecule has 13 heavy (non-hydrogen) atoms. The molecule has 1 rings (SSSR count). The molecule has 2 atom stereocenters. The second kappa shape index (κ2) is 3.29. The summed E-state index contributed by atoms with van der Waals surface area (Å²) in [4.78, 5) is 0. The van der Waals surface area contributed by atoms with Gasteiger partial charge in [-0.3, -0.25) is 0 Å². The monoisotopic (exact) mass is 181 g/mol. The Morgan fingerprint density at radius 2 is 1.77 bits per heavy atom. The highest BCUT2D eigenvalue weighted by Crippen LogP contribution is 2.51. The lowest BCUT2D eigenvalue weighted by Gasteiger charge is -2.50. The van der Waals surface area contributed by atoms with E-state index in [4.69, 9.17) is 0 Å². The molecule has 77 valence electrons. The smallest absolute Gasteiger partial charge is 0.0288 e. The first-order chi connectivity index (χ1) is 5.75. The molecule has 0 saturated heterocycles. The van der Waals surface area contributed by atoms with Crippen molar-refractivity contribution in [3.8, 4) is 0 Å². The summed E-state index contributed by atoms with van der Waals surface area (Å²) in [6.07, 6.45) is 5.08. The summed E-state index contributed by atoms with van der Waals surface area (Å²) in [5, 5.41) is 0. The standard InChI is InChI=1S/C13H25/c1-10-8-7-9-13(5,6)11(10)12(2,3)4/h7,10-11H,8-9H2,1-6H3. The molecule has 0 heterocycles. The first-order valence-electron chi connectivity index (χ1n) is 5.57. The Hall–Kier alpha value is 0. The van der Waals surface area contributed by atoms with Crippen LogP contribution >= 0.6 is 0 Å². The molecule has 0 aromatic heterocycles. The van der Waals surface area contributed by atoms with Gasteiger partial charge in [-0.05, 0) is 41.9 Å². The summed E-state index contributed by atoms with van der Waals surface area (Å²) in [5.74, 6) is 1.70. The van der Waals surface area contributed by atoms with Gasteiger partial charge in [-0.2, -0.15) is 0 Å². The minimum Gasteiger partial charge on any atom is -0.0622 e. The number of hydrogen-bond donors (Lipinski definition) is 0.